The Labute approximate surface area is 180 Å². The number of nitrogens with one attached hydrogen (secondary N) is 1. The van der Waals surface area contributed by atoms with E-state index in [0.717, 1.165) is 23.6 Å². The van der Waals surface area contributed by atoms with E-state index in [-0.39, 0.29) is 17.7 Å². The van der Waals surface area contributed by atoms with E-state index in [2.05, 4.69) is 5.32 Å². The van der Waals surface area contributed by atoms with Gasteiger partial charge in [-0.15, -0.1) is 0 Å². The van der Waals surface area contributed by atoms with Crippen LogP contribution in [-0.4, -0.2) is 43.0 Å². The summed E-state index contributed by atoms with van der Waals surface area (Å²) in [6, 6.07) is 19.1. The molecular weight excluding hydrogens is 392 g/mol. The van der Waals surface area contributed by atoms with Gasteiger partial charge in [0.2, 0.25) is 5.91 Å². The number of likely N-dealkylation sites (tertiary alicyclic amines) is 1. The molecule has 0 aromatic heterocycles. The Morgan fingerprint density at radius 2 is 1.74 bits per heavy atom. The maximum absolute atomic E-state index is 13.3. The molecule has 5 rings (SSSR count). The van der Waals surface area contributed by atoms with Crippen LogP contribution in [0.4, 0.5) is 5.69 Å². The van der Waals surface area contributed by atoms with Crippen LogP contribution in [0.3, 0.4) is 0 Å². The number of rotatable bonds is 3. The number of amides is 2. The van der Waals surface area contributed by atoms with E-state index in [9.17, 15) is 9.59 Å². The van der Waals surface area contributed by atoms with Crippen molar-refractivity contribution >= 4 is 28.3 Å². The van der Waals surface area contributed by atoms with Crippen LogP contribution in [0.25, 0.3) is 10.8 Å². The van der Waals surface area contributed by atoms with Crippen molar-refractivity contribution in [1.82, 2.24) is 4.90 Å². The first kappa shape index (κ1) is 19.4. The van der Waals surface area contributed by atoms with Crippen molar-refractivity contribution in [3.05, 3.63) is 66.2 Å². The highest BCUT2D eigenvalue weighted by atomic mass is 16.6. The van der Waals surface area contributed by atoms with Crippen molar-refractivity contribution in [2.45, 2.75) is 12.8 Å². The fourth-order valence-corrected chi connectivity index (χ4v) is 4.32. The molecule has 2 amide bonds. The van der Waals surface area contributed by atoms with E-state index >= 15 is 0 Å². The molecule has 6 nitrogen and oxygen atoms in total. The van der Waals surface area contributed by atoms with Gasteiger partial charge in [0, 0.05) is 30.4 Å². The number of ether oxygens (including phenoxy) is 2. The number of nitrogens with zero attached hydrogens (tertiary/aromatic N) is 1. The summed E-state index contributed by atoms with van der Waals surface area (Å²) < 4.78 is 11.1. The average Bonchev–Trinajstić information content (AvgIpc) is 2.83. The zero-order valence-corrected chi connectivity index (χ0v) is 17.2. The predicted octanol–water partition coefficient (Wildman–Crippen LogP) is 4.10. The number of hydrogen-bond donors (Lipinski definition) is 1. The maximum Gasteiger partial charge on any atom is 0.254 e. The molecule has 1 atom stereocenters. The molecule has 3 aromatic rings. The van der Waals surface area contributed by atoms with Gasteiger partial charge in [0.25, 0.3) is 5.91 Å². The Kier molecular flexibility index (Phi) is 5.20. The Balaban J connectivity index is 1.29. The molecule has 2 aliphatic heterocycles. The SMILES string of the molecule is O=C(Nc1ccc2c(c1)OCCO2)[C@H]1CCCN(C(=O)c2cccc3ccccc23)C1. The molecule has 158 valence electrons. The first-order valence-corrected chi connectivity index (χ1v) is 10.7. The minimum Gasteiger partial charge on any atom is -0.486 e. The van der Waals surface area contributed by atoms with Crippen LogP contribution in [0.15, 0.2) is 60.7 Å². The third-order valence-corrected chi connectivity index (χ3v) is 5.91. The van der Waals surface area contributed by atoms with E-state index in [4.69, 9.17) is 9.47 Å². The smallest absolute Gasteiger partial charge is 0.254 e. The molecule has 1 saturated heterocycles. The van der Waals surface area contributed by atoms with Crippen LogP contribution in [-0.2, 0) is 4.79 Å². The third-order valence-electron chi connectivity index (χ3n) is 5.91. The normalized spacial score (nSPS) is 17.9. The summed E-state index contributed by atoms with van der Waals surface area (Å²) in [6.45, 7) is 2.11. The molecular formula is C25H24N2O4. The fourth-order valence-electron chi connectivity index (χ4n) is 4.32. The summed E-state index contributed by atoms with van der Waals surface area (Å²) in [7, 11) is 0. The first-order valence-electron chi connectivity index (χ1n) is 10.7. The maximum atomic E-state index is 13.3. The number of carbonyl (C=O) groups is 2. The second kappa shape index (κ2) is 8.30. The molecule has 31 heavy (non-hydrogen) atoms. The van der Waals surface area contributed by atoms with Crippen molar-refractivity contribution in [3.63, 3.8) is 0 Å². The summed E-state index contributed by atoms with van der Waals surface area (Å²) in [5, 5.41) is 4.96. The van der Waals surface area contributed by atoms with E-state index in [1.165, 1.54) is 0 Å². The number of carbonyl (C=O) groups excluding carboxylic acids is 2. The summed E-state index contributed by atoms with van der Waals surface area (Å²) in [4.78, 5) is 28.0. The van der Waals surface area contributed by atoms with Crippen LogP contribution >= 0.6 is 0 Å². The lowest BCUT2D eigenvalue weighted by molar-refractivity contribution is -0.121. The van der Waals surface area contributed by atoms with E-state index < -0.39 is 0 Å². The fraction of sp³-hybridized carbons (Fsp3) is 0.280. The van der Waals surface area contributed by atoms with Crippen LogP contribution in [0.2, 0.25) is 0 Å². The highest BCUT2D eigenvalue weighted by Crippen LogP contribution is 2.33. The summed E-state index contributed by atoms with van der Waals surface area (Å²) in [5.41, 5.74) is 1.36. The minimum absolute atomic E-state index is 0.0198. The number of hydrogen-bond acceptors (Lipinski definition) is 4. The molecule has 6 heteroatoms. The van der Waals surface area contributed by atoms with Gasteiger partial charge >= 0.3 is 0 Å². The lowest BCUT2D eigenvalue weighted by Gasteiger charge is -2.32. The van der Waals surface area contributed by atoms with Gasteiger partial charge in [-0.25, -0.2) is 0 Å². The zero-order valence-electron chi connectivity index (χ0n) is 17.2. The largest absolute Gasteiger partial charge is 0.486 e. The molecule has 0 spiro atoms. The van der Waals surface area contributed by atoms with Crippen LogP contribution in [0.5, 0.6) is 11.5 Å². The molecule has 0 saturated carbocycles. The Hall–Kier alpha value is -3.54. The third kappa shape index (κ3) is 3.93. The monoisotopic (exact) mass is 416 g/mol. The van der Waals surface area contributed by atoms with Crippen molar-refractivity contribution in [2.24, 2.45) is 5.92 Å². The highest BCUT2D eigenvalue weighted by Gasteiger charge is 2.29. The molecule has 1 N–H and O–H groups in total. The van der Waals surface area contributed by atoms with Gasteiger partial charge in [-0.05, 0) is 41.8 Å². The van der Waals surface area contributed by atoms with Gasteiger partial charge in [-0.2, -0.15) is 0 Å². The number of anilines is 1. The van der Waals surface area contributed by atoms with Gasteiger partial charge < -0.3 is 19.7 Å². The number of fused-ring (bicyclic) bond motifs is 2. The van der Waals surface area contributed by atoms with E-state index in [1.807, 2.05) is 48.5 Å². The van der Waals surface area contributed by atoms with Gasteiger partial charge in [0.05, 0.1) is 5.92 Å². The minimum atomic E-state index is -0.249. The van der Waals surface area contributed by atoms with E-state index in [0.29, 0.717) is 49.1 Å². The molecule has 0 radical (unpaired) electrons. The highest BCUT2D eigenvalue weighted by molar-refractivity contribution is 6.07. The van der Waals surface area contributed by atoms with Crippen molar-refractivity contribution in [1.29, 1.82) is 0 Å². The van der Waals surface area contributed by atoms with Gasteiger partial charge in [-0.3, -0.25) is 9.59 Å². The van der Waals surface area contributed by atoms with E-state index in [1.54, 1.807) is 17.0 Å². The zero-order chi connectivity index (χ0) is 21.2. The van der Waals surface area contributed by atoms with Crippen molar-refractivity contribution in [2.75, 3.05) is 31.6 Å². The van der Waals surface area contributed by atoms with Gasteiger partial charge in [-0.1, -0.05) is 36.4 Å². The first-order chi connectivity index (χ1) is 15.2. The Bertz CT molecular complexity index is 1140. The van der Waals surface area contributed by atoms with Crippen molar-refractivity contribution < 1.29 is 19.1 Å². The summed E-state index contributed by atoms with van der Waals surface area (Å²) in [6.07, 6.45) is 1.56. The Morgan fingerprint density at radius 1 is 0.935 bits per heavy atom. The topological polar surface area (TPSA) is 67.9 Å². The second-order valence-electron chi connectivity index (χ2n) is 7.96. The molecule has 3 aromatic carbocycles. The summed E-state index contributed by atoms with van der Waals surface area (Å²) in [5.74, 6) is 0.982. The quantitative estimate of drug-likeness (QED) is 0.698. The molecule has 0 bridgehead atoms. The lowest BCUT2D eigenvalue weighted by Crippen LogP contribution is -2.43. The molecule has 2 heterocycles. The molecule has 1 fully saturated rings. The number of piperidine rings is 1. The predicted molar refractivity (Wildman–Crippen MR) is 119 cm³/mol. The molecule has 2 aliphatic rings. The average molecular weight is 416 g/mol. The standard InChI is InChI=1S/C25H24N2O4/c28-24(26-19-10-11-22-23(15-19)31-14-13-30-22)18-7-4-12-27(16-18)25(29)21-9-3-6-17-5-1-2-8-20(17)21/h1-3,5-6,8-11,15,18H,4,7,12-14,16H2,(H,26,28)/t18-/m0/s1. The van der Waals surface area contributed by atoms with Crippen LogP contribution in [0, 0.1) is 5.92 Å². The Morgan fingerprint density at radius 3 is 2.65 bits per heavy atom. The number of benzene rings is 3. The molecule has 0 unspecified atom stereocenters. The second-order valence-corrected chi connectivity index (χ2v) is 7.96. The van der Waals surface area contributed by atoms with Gasteiger partial charge in [0.1, 0.15) is 13.2 Å². The van der Waals surface area contributed by atoms with Gasteiger partial charge in [0.15, 0.2) is 11.5 Å². The summed E-state index contributed by atoms with van der Waals surface area (Å²) >= 11 is 0. The lowest BCUT2D eigenvalue weighted by atomic mass is 9.95. The molecule has 0 aliphatic carbocycles. The van der Waals surface area contributed by atoms with Crippen molar-refractivity contribution in [3.8, 4) is 11.5 Å². The van der Waals surface area contributed by atoms with Crippen LogP contribution in [0.1, 0.15) is 23.2 Å². The van der Waals surface area contributed by atoms with Crippen LogP contribution < -0.4 is 14.8 Å².